The van der Waals surface area contributed by atoms with Crippen LogP contribution in [-0.2, 0) is 14.3 Å². The van der Waals surface area contributed by atoms with E-state index in [9.17, 15) is 14.7 Å². The van der Waals surface area contributed by atoms with Crippen molar-refractivity contribution >= 4 is 11.8 Å². The maximum Gasteiger partial charge on any atom is 0.261 e. The van der Waals surface area contributed by atoms with E-state index in [1.54, 1.807) is 19.1 Å². The Morgan fingerprint density at radius 3 is 2.52 bits per heavy atom. The molecule has 1 saturated heterocycles. The van der Waals surface area contributed by atoms with Crippen molar-refractivity contribution in [2.75, 3.05) is 13.2 Å². The highest BCUT2D eigenvalue weighted by molar-refractivity contribution is 5.83. The molecule has 0 saturated carbocycles. The van der Waals surface area contributed by atoms with Gasteiger partial charge in [-0.3, -0.25) is 9.59 Å². The second-order valence-electron chi connectivity index (χ2n) is 5.16. The van der Waals surface area contributed by atoms with E-state index in [4.69, 9.17) is 15.2 Å². The van der Waals surface area contributed by atoms with Gasteiger partial charge in [0.25, 0.3) is 5.91 Å². The van der Waals surface area contributed by atoms with Crippen LogP contribution >= 0.6 is 0 Å². The van der Waals surface area contributed by atoms with Crippen molar-refractivity contribution in [2.45, 2.75) is 25.0 Å². The summed E-state index contributed by atoms with van der Waals surface area (Å²) in [6.07, 6.45) is -0.718. The number of amides is 2. The summed E-state index contributed by atoms with van der Waals surface area (Å²) in [6.45, 7) is 2.11. The molecule has 0 spiro atoms. The number of phenolic OH excluding ortho intramolecular Hbond substituents is 1. The Balaban J connectivity index is 1.92. The molecule has 1 aliphatic heterocycles. The SMILES string of the molecule is CC(Oc1ccc(O)cc1)C(=O)NC1(CC(N)=O)COC1. The first-order valence-corrected chi connectivity index (χ1v) is 6.54. The lowest BCUT2D eigenvalue weighted by atomic mass is 9.92. The fraction of sp³-hybridized carbons (Fsp3) is 0.429. The highest BCUT2D eigenvalue weighted by atomic mass is 16.5. The van der Waals surface area contributed by atoms with Gasteiger partial charge in [0.2, 0.25) is 5.91 Å². The zero-order valence-electron chi connectivity index (χ0n) is 11.7. The molecule has 0 aliphatic carbocycles. The smallest absolute Gasteiger partial charge is 0.261 e. The fourth-order valence-electron chi connectivity index (χ4n) is 2.05. The van der Waals surface area contributed by atoms with Crippen molar-refractivity contribution in [1.29, 1.82) is 0 Å². The van der Waals surface area contributed by atoms with Crippen molar-refractivity contribution < 1.29 is 24.2 Å². The van der Waals surface area contributed by atoms with E-state index in [0.29, 0.717) is 5.75 Å². The zero-order valence-corrected chi connectivity index (χ0v) is 11.7. The van der Waals surface area contributed by atoms with Gasteiger partial charge in [0, 0.05) is 0 Å². The first kappa shape index (κ1) is 15.1. The molecular weight excluding hydrogens is 276 g/mol. The van der Waals surface area contributed by atoms with E-state index in [-0.39, 0.29) is 31.3 Å². The number of benzene rings is 1. The van der Waals surface area contributed by atoms with E-state index in [0.717, 1.165) is 0 Å². The van der Waals surface area contributed by atoms with E-state index >= 15 is 0 Å². The molecule has 7 heteroatoms. The van der Waals surface area contributed by atoms with Crippen LogP contribution in [0.2, 0.25) is 0 Å². The van der Waals surface area contributed by atoms with E-state index in [1.807, 2.05) is 0 Å². The molecule has 1 atom stereocenters. The van der Waals surface area contributed by atoms with Gasteiger partial charge in [0.05, 0.1) is 25.2 Å². The molecule has 1 aromatic rings. The molecule has 1 heterocycles. The lowest BCUT2D eigenvalue weighted by Gasteiger charge is -2.41. The molecule has 1 unspecified atom stereocenters. The van der Waals surface area contributed by atoms with Crippen LogP contribution in [0.1, 0.15) is 13.3 Å². The second kappa shape index (κ2) is 6.01. The van der Waals surface area contributed by atoms with Gasteiger partial charge < -0.3 is 25.6 Å². The number of primary amides is 1. The minimum atomic E-state index is -0.750. The normalized spacial score (nSPS) is 17.4. The Hall–Kier alpha value is -2.28. The van der Waals surface area contributed by atoms with Crippen LogP contribution in [0.4, 0.5) is 0 Å². The molecule has 0 bridgehead atoms. The number of phenols is 1. The van der Waals surface area contributed by atoms with Gasteiger partial charge in [-0.05, 0) is 31.2 Å². The average Bonchev–Trinajstić information content (AvgIpc) is 2.38. The van der Waals surface area contributed by atoms with Gasteiger partial charge >= 0.3 is 0 Å². The van der Waals surface area contributed by atoms with Gasteiger partial charge in [-0.25, -0.2) is 0 Å². The highest BCUT2D eigenvalue weighted by Gasteiger charge is 2.42. The van der Waals surface area contributed by atoms with Crippen LogP contribution in [0.25, 0.3) is 0 Å². The third-order valence-corrected chi connectivity index (χ3v) is 3.18. The maximum absolute atomic E-state index is 12.1. The largest absolute Gasteiger partial charge is 0.508 e. The predicted octanol–water partition coefficient (Wildman–Crippen LogP) is -0.0799. The number of nitrogens with two attached hydrogens (primary N) is 1. The van der Waals surface area contributed by atoms with Gasteiger partial charge in [-0.1, -0.05) is 0 Å². The Labute approximate surface area is 122 Å². The lowest BCUT2D eigenvalue weighted by Crippen LogP contribution is -2.65. The van der Waals surface area contributed by atoms with Gasteiger partial charge in [-0.2, -0.15) is 0 Å². The van der Waals surface area contributed by atoms with E-state index < -0.39 is 17.6 Å². The topological polar surface area (TPSA) is 111 Å². The number of hydrogen-bond acceptors (Lipinski definition) is 5. The first-order valence-electron chi connectivity index (χ1n) is 6.54. The van der Waals surface area contributed by atoms with Crippen LogP contribution in [0, 0.1) is 0 Å². The van der Waals surface area contributed by atoms with Crippen LogP contribution in [0.3, 0.4) is 0 Å². The third kappa shape index (κ3) is 3.85. The summed E-state index contributed by atoms with van der Waals surface area (Å²) >= 11 is 0. The summed E-state index contributed by atoms with van der Waals surface area (Å²) in [5.74, 6) is -0.269. The highest BCUT2D eigenvalue weighted by Crippen LogP contribution is 2.22. The number of ether oxygens (including phenoxy) is 2. The molecular formula is C14H18N2O5. The van der Waals surface area contributed by atoms with Gasteiger partial charge in [0.15, 0.2) is 6.10 Å². The Kier molecular flexibility index (Phi) is 4.32. The number of nitrogens with one attached hydrogen (secondary N) is 1. The average molecular weight is 294 g/mol. The Morgan fingerprint density at radius 2 is 2.05 bits per heavy atom. The number of carbonyl (C=O) groups is 2. The number of aromatic hydroxyl groups is 1. The molecule has 2 amide bonds. The standard InChI is InChI=1S/C14H18N2O5/c1-9(21-11-4-2-10(17)3-5-11)13(19)16-14(6-12(15)18)7-20-8-14/h2-5,9,17H,6-8H2,1H3,(H2,15,18)(H,16,19). The maximum atomic E-state index is 12.1. The minimum Gasteiger partial charge on any atom is -0.508 e. The van der Waals surface area contributed by atoms with Gasteiger partial charge in [0.1, 0.15) is 11.5 Å². The zero-order chi connectivity index (χ0) is 15.5. The number of carbonyl (C=O) groups excluding carboxylic acids is 2. The number of rotatable bonds is 6. The molecule has 0 aromatic heterocycles. The molecule has 1 fully saturated rings. The summed E-state index contributed by atoms with van der Waals surface area (Å²) in [5.41, 5.74) is 4.45. The Morgan fingerprint density at radius 1 is 1.43 bits per heavy atom. The van der Waals surface area contributed by atoms with E-state index in [1.165, 1.54) is 12.1 Å². The second-order valence-corrected chi connectivity index (χ2v) is 5.16. The monoisotopic (exact) mass is 294 g/mol. The molecule has 7 nitrogen and oxygen atoms in total. The first-order chi connectivity index (χ1) is 9.90. The van der Waals surface area contributed by atoms with Crippen LogP contribution in [-0.4, -0.2) is 41.8 Å². The summed E-state index contributed by atoms with van der Waals surface area (Å²) in [7, 11) is 0. The molecule has 21 heavy (non-hydrogen) atoms. The van der Waals surface area contributed by atoms with Crippen molar-refractivity contribution in [3.63, 3.8) is 0 Å². The molecule has 1 aliphatic rings. The third-order valence-electron chi connectivity index (χ3n) is 3.18. The summed E-state index contributed by atoms with van der Waals surface area (Å²) in [6, 6.07) is 6.05. The lowest BCUT2D eigenvalue weighted by molar-refractivity contribution is -0.142. The molecule has 1 aromatic carbocycles. The van der Waals surface area contributed by atoms with Gasteiger partial charge in [-0.15, -0.1) is 0 Å². The minimum absolute atomic E-state index is 0.0324. The molecule has 2 rings (SSSR count). The van der Waals surface area contributed by atoms with Crippen molar-refractivity contribution in [2.24, 2.45) is 5.73 Å². The van der Waals surface area contributed by atoms with Crippen LogP contribution < -0.4 is 15.8 Å². The van der Waals surface area contributed by atoms with E-state index in [2.05, 4.69) is 5.32 Å². The van der Waals surface area contributed by atoms with Crippen molar-refractivity contribution in [3.05, 3.63) is 24.3 Å². The quantitative estimate of drug-likeness (QED) is 0.679. The summed E-state index contributed by atoms with van der Waals surface area (Å²) < 4.78 is 10.5. The Bertz CT molecular complexity index is 525. The van der Waals surface area contributed by atoms with Crippen LogP contribution in [0.15, 0.2) is 24.3 Å². The summed E-state index contributed by atoms with van der Waals surface area (Å²) in [5, 5.41) is 11.9. The molecule has 0 radical (unpaired) electrons. The molecule has 114 valence electrons. The molecule has 4 N–H and O–H groups in total. The number of hydrogen-bond donors (Lipinski definition) is 3. The van der Waals surface area contributed by atoms with Crippen molar-refractivity contribution in [1.82, 2.24) is 5.32 Å². The van der Waals surface area contributed by atoms with Crippen LogP contribution in [0.5, 0.6) is 11.5 Å². The predicted molar refractivity (Wildman–Crippen MR) is 73.7 cm³/mol. The van der Waals surface area contributed by atoms with Crippen molar-refractivity contribution in [3.8, 4) is 11.5 Å². The fourth-order valence-corrected chi connectivity index (χ4v) is 2.05. The summed E-state index contributed by atoms with van der Waals surface area (Å²) in [4.78, 5) is 23.2.